The molecule has 1 amide bonds. The Morgan fingerprint density at radius 1 is 1.19 bits per heavy atom. The number of benzene rings is 2. The number of nitrogens with zero attached hydrogens (tertiary/aromatic N) is 1. The molecule has 2 aliphatic rings. The minimum Gasteiger partial charge on any atom is -0.352 e. The number of allylic oxidation sites excluding steroid dienone is 1. The molecule has 1 aliphatic heterocycles. The first-order chi connectivity index (χ1) is 15.4. The summed E-state index contributed by atoms with van der Waals surface area (Å²) in [6.07, 6.45) is 8.70. The quantitative estimate of drug-likeness (QED) is 0.635. The van der Waals surface area contributed by atoms with Crippen LogP contribution in [-0.4, -0.2) is 29.9 Å². The van der Waals surface area contributed by atoms with Gasteiger partial charge in [0.15, 0.2) is 0 Å². The maximum Gasteiger partial charge on any atom is 0.226 e. The molecule has 1 N–H and O–H groups in total. The Balaban J connectivity index is 1.28. The molecule has 1 aliphatic carbocycles. The molecule has 0 aromatic heterocycles. The van der Waals surface area contributed by atoms with E-state index in [2.05, 4.69) is 66.5 Å². The van der Waals surface area contributed by atoms with Crippen LogP contribution in [0.3, 0.4) is 0 Å². The highest BCUT2D eigenvalue weighted by Crippen LogP contribution is 2.42. The Hall–Kier alpha value is -2.46. The Kier molecular flexibility index (Phi) is 7.10. The van der Waals surface area contributed by atoms with Gasteiger partial charge in [0.1, 0.15) is 5.82 Å². The van der Waals surface area contributed by atoms with E-state index in [1.54, 1.807) is 6.07 Å². The zero-order valence-electron chi connectivity index (χ0n) is 19.3. The molecule has 3 nitrogen and oxygen atoms in total. The van der Waals surface area contributed by atoms with Crippen molar-refractivity contribution in [2.45, 2.75) is 52.1 Å². The smallest absolute Gasteiger partial charge is 0.226 e. The van der Waals surface area contributed by atoms with Crippen LogP contribution in [0.2, 0.25) is 0 Å². The number of hydrogen-bond donors (Lipinski definition) is 1. The van der Waals surface area contributed by atoms with E-state index in [4.69, 9.17) is 0 Å². The summed E-state index contributed by atoms with van der Waals surface area (Å²) >= 11 is 0. The number of hydrogen-bond acceptors (Lipinski definition) is 2. The van der Waals surface area contributed by atoms with Gasteiger partial charge in [0.25, 0.3) is 0 Å². The summed E-state index contributed by atoms with van der Waals surface area (Å²) in [5.41, 5.74) is 1.72. The molecule has 4 rings (SSSR count). The van der Waals surface area contributed by atoms with Gasteiger partial charge in [-0.1, -0.05) is 68.5 Å². The lowest BCUT2D eigenvalue weighted by Crippen LogP contribution is -2.45. The highest BCUT2D eigenvalue weighted by Gasteiger charge is 2.44. The average molecular weight is 435 g/mol. The van der Waals surface area contributed by atoms with Crippen LogP contribution in [0, 0.1) is 23.1 Å². The highest BCUT2D eigenvalue weighted by atomic mass is 19.1. The molecule has 2 aromatic carbocycles. The van der Waals surface area contributed by atoms with Crippen molar-refractivity contribution in [3.63, 3.8) is 0 Å². The van der Waals surface area contributed by atoms with Crippen LogP contribution in [-0.2, 0) is 11.3 Å². The van der Waals surface area contributed by atoms with Crippen LogP contribution in [0.4, 0.5) is 4.39 Å². The average Bonchev–Trinajstić information content (AvgIpc) is 3.21. The second-order valence-electron chi connectivity index (χ2n) is 9.96. The fourth-order valence-electron chi connectivity index (χ4n) is 5.38. The van der Waals surface area contributed by atoms with Gasteiger partial charge in [-0.2, -0.15) is 0 Å². The molecular weight excluding hydrogens is 399 g/mol. The van der Waals surface area contributed by atoms with Crippen LogP contribution in [0.15, 0.2) is 60.7 Å². The number of rotatable bonds is 6. The standard InChI is InChI=1S/C28H35FN2O/c1-21-20-31(16-14-24(21)12-11-22-7-4-3-5-8-22)26-13-15-28(2,18-26)27(32)30-19-23-9-6-10-25(29)17-23/h3-12,17,21,24,26H,13-16,18-20H2,1-2H3,(H,30,32)/b12-11-/t21-,24?,26?,28?/m0/s1. The lowest BCUT2D eigenvalue weighted by molar-refractivity contribution is -0.130. The SMILES string of the molecule is C[C@H]1CN(C2CCC(C)(C(=O)NCc3cccc(F)c3)C2)CCC1/C=C\c1ccccc1. The van der Waals surface area contributed by atoms with Gasteiger partial charge in [-0.25, -0.2) is 4.39 Å². The van der Waals surface area contributed by atoms with E-state index in [-0.39, 0.29) is 17.1 Å². The summed E-state index contributed by atoms with van der Waals surface area (Å²) < 4.78 is 13.4. The Bertz CT molecular complexity index is 943. The van der Waals surface area contributed by atoms with Gasteiger partial charge in [-0.3, -0.25) is 4.79 Å². The minimum absolute atomic E-state index is 0.0954. The third-order valence-electron chi connectivity index (χ3n) is 7.46. The van der Waals surface area contributed by atoms with Gasteiger partial charge in [0.05, 0.1) is 0 Å². The molecular formula is C28H35FN2O. The molecule has 0 bridgehead atoms. The van der Waals surface area contributed by atoms with Crippen molar-refractivity contribution in [2.75, 3.05) is 13.1 Å². The molecule has 2 fully saturated rings. The number of piperidine rings is 1. The predicted octanol–water partition coefficient (Wildman–Crippen LogP) is 5.67. The zero-order valence-corrected chi connectivity index (χ0v) is 19.3. The molecule has 4 heteroatoms. The van der Waals surface area contributed by atoms with Crippen molar-refractivity contribution in [2.24, 2.45) is 17.3 Å². The van der Waals surface area contributed by atoms with Gasteiger partial charge in [0, 0.05) is 24.5 Å². The van der Waals surface area contributed by atoms with Gasteiger partial charge in [-0.15, -0.1) is 0 Å². The fraction of sp³-hybridized carbons (Fsp3) is 0.464. The zero-order chi connectivity index (χ0) is 22.6. The van der Waals surface area contributed by atoms with Gasteiger partial charge in [-0.05, 0) is 67.3 Å². The summed E-state index contributed by atoms with van der Waals surface area (Å²) in [7, 11) is 0. The van der Waals surface area contributed by atoms with Crippen molar-refractivity contribution in [3.05, 3.63) is 77.6 Å². The first kappa shape index (κ1) is 22.7. The first-order valence-electron chi connectivity index (χ1n) is 11.9. The summed E-state index contributed by atoms with van der Waals surface area (Å²) in [5, 5.41) is 3.05. The van der Waals surface area contributed by atoms with Gasteiger partial charge in [0.2, 0.25) is 5.91 Å². The lowest BCUT2D eigenvalue weighted by atomic mass is 9.84. The Labute approximate surface area is 191 Å². The molecule has 170 valence electrons. The van der Waals surface area contributed by atoms with Gasteiger partial charge < -0.3 is 10.2 Å². The number of carbonyl (C=O) groups excluding carboxylic acids is 1. The van der Waals surface area contributed by atoms with Gasteiger partial charge >= 0.3 is 0 Å². The third kappa shape index (κ3) is 5.47. The van der Waals surface area contributed by atoms with E-state index in [0.29, 0.717) is 24.4 Å². The van der Waals surface area contributed by atoms with Crippen molar-refractivity contribution in [1.29, 1.82) is 0 Å². The second-order valence-corrected chi connectivity index (χ2v) is 9.96. The number of amides is 1. The molecule has 3 unspecified atom stereocenters. The Morgan fingerprint density at radius 2 is 2.00 bits per heavy atom. The van der Waals surface area contributed by atoms with Crippen molar-refractivity contribution >= 4 is 12.0 Å². The molecule has 32 heavy (non-hydrogen) atoms. The molecule has 2 aromatic rings. The van der Waals surface area contributed by atoms with Crippen LogP contribution >= 0.6 is 0 Å². The van der Waals surface area contributed by atoms with Crippen molar-refractivity contribution in [1.82, 2.24) is 10.2 Å². The normalized spacial score (nSPS) is 28.8. The molecule has 1 saturated carbocycles. The van der Waals surface area contributed by atoms with E-state index in [0.717, 1.165) is 37.9 Å². The van der Waals surface area contributed by atoms with Crippen molar-refractivity contribution < 1.29 is 9.18 Å². The second kappa shape index (κ2) is 9.99. The third-order valence-corrected chi connectivity index (χ3v) is 7.46. The maximum absolute atomic E-state index is 13.4. The van der Waals surface area contributed by atoms with E-state index >= 15 is 0 Å². The summed E-state index contributed by atoms with van der Waals surface area (Å²) in [5.74, 6) is 1.05. The van der Waals surface area contributed by atoms with Crippen LogP contribution in [0.5, 0.6) is 0 Å². The van der Waals surface area contributed by atoms with Crippen LogP contribution in [0.25, 0.3) is 6.08 Å². The summed E-state index contributed by atoms with van der Waals surface area (Å²) in [6, 6.07) is 17.4. The number of likely N-dealkylation sites (tertiary alicyclic amines) is 1. The highest BCUT2D eigenvalue weighted by molar-refractivity contribution is 5.82. The van der Waals surface area contributed by atoms with E-state index < -0.39 is 0 Å². The fourth-order valence-corrected chi connectivity index (χ4v) is 5.38. The Morgan fingerprint density at radius 3 is 2.75 bits per heavy atom. The molecule has 0 spiro atoms. The molecule has 0 radical (unpaired) electrons. The largest absolute Gasteiger partial charge is 0.352 e. The van der Waals surface area contributed by atoms with E-state index in [1.807, 2.05) is 6.07 Å². The topological polar surface area (TPSA) is 32.3 Å². The molecule has 1 heterocycles. The van der Waals surface area contributed by atoms with Crippen LogP contribution in [0.1, 0.15) is 50.7 Å². The van der Waals surface area contributed by atoms with Crippen molar-refractivity contribution in [3.8, 4) is 0 Å². The molecule has 4 atom stereocenters. The number of carbonyl (C=O) groups is 1. The lowest BCUT2D eigenvalue weighted by Gasteiger charge is -2.39. The van der Waals surface area contributed by atoms with E-state index in [9.17, 15) is 9.18 Å². The summed E-state index contributed by atoms with van der Waals surface area (Å²) in [4.78, 5) is 15.6. The van der Waals surface area contributed by atoms with E-state index in [1.165, 1.54) is 24.1 Å². The number of nitrogens with one attached hydrogen (secondary N) is 1. The minimum atomic E-state index is -0.342. The summed E-state index contributed by atoms with van der Waals surface area (Å²) in [6.45, 7) is 7.01. The van der Waals surface area contributed by atoms with Crippen LogP contribution < -0.4 is 5.32 Å². The molecule has 1 saturated heterocycles. The maximum atomic E-state index is 13.4. The monoisotopic (exact) mass is 434 g/mol. The number of halogens is 1. The first-order valence-corrected chi connectivity index (χ1v) is 11.9. The predicted molar refractivity (Wildman–Crippen MR) is 128 cm³/mol.